The van der Waals surface area contributed by atoms with E-state index < -0.39 is 17.0 Å². The van der Waals surface area contributed by atoms with E-state index >= 15 is 0 Å². The molecule has 0 heterocycles. The van der Waals surface area contributed by atoms with E-state index in [2.05, 4.69) is 5.16 Å². The van der Waals surface area contributed by atoms with Gasteiger partial charge in [0.05, 0.1) is 12.0 Å². The van der Waals surface area contributed by atoms with Gasteiger partial charge < -0.3 is 20.0 Å². The first-order valence-electron chi connectivity index (χ1n) is 7.50. The van der Waals surface area contributed by atoms with Crippen LogP contribution in [-0.2, 0) is 9.63 Å². The van der Waals surface area contributed by atoms with Crippen LogP contribution >= 0.6 is 0 Å². The van der Waals surface area contributed by atoms with E-state index in [0.717, 1.165) is 0 Å². The molecule has 0 fully saturated rings. The highest BCUT2D eigenvalue weighted by Crippen LogP contribution is 2.18. The lowest BCUT2D eigenvalue weighted by atomic mass is 10.2. The molecule has 1 atom stereocenters. The summed E-state index contributed by atoms with van der Waals surface area (Å²) >= 11 is 0. The smallest absolute Gasteiger partial charge is 0.374 e. The Kier molecular flexibility index (Phi) is 6.10. The minimum absolute atomic E-state index is 0.150. The zero-order valence-corrected chi connectivity index (χ0v) is 14.1. The van der Waals surface area contributed by atoms with Crippen LogP contribution in [0.2, 0.25) is 0 Å². The highest BCUT2D eigenvalue weighted by Gasteiger charge is 2.17. The number of amidine groups is 1. The highest BCUT2D eigenvalue weighted by atomic mass is 16.7. The minimum Gasteiger partial charge on any atom is -0.497 e. The Morgan fingerprint density at radius 2 is 1.85 bits per heavy atom. The topological polar surface area (TPSA) is 126 Å². The van der Waals surface area contributed by atoms with Crippen LogP contribution in [-0.4, -0.2) is 29.9 Å². The Morgan fingerprint density at radius 3 is 2.46 bits per heavy atom. The number of methoxy groups -OCH3 is 1. The number of benzene rings is 2. The van der Waals surface area contributed by atoms with Gasteiger partial charge in [-0.05, 0) is 31.2 Å². The maximum Gasteiger partial charge on any atom is 0.374 e. The number of hydrogen-bond acceptors (Lipinski definition) is 7. The number of oxime groups is 1. The van der Waals surface area contributed by atoms with Crippen molar-refractivity contribution in [3.63, 3.8) is 0 Å². The third-order valence-corrected chi connectivity index (χ3v) is 3.29. The fourth-order valence-corrected chi connectivity index (χ4v) is 1.91. The zero-order chi connectivity index (χ0) is 19.1. The molecule has 0 aliphatic heterocycles. The van der Waals surface area contributed by atoms with E-state index in [1.165, 1.54) is 31.2 Å². The van der Waals surface area contributed by atoms with Gasteiger partial charge in [0.1, 0.15) is 11.5 Å². The molecular weight excluding hydrogens is 342 g/mol. The SMILES string of the molecule is COc1ccc(OC(C)C(=O)O/N=C(\N)c2cccc([N+](=O)[O-])c2)cc1. The van der Waals surface area contributed by atoms with Crippen LogP contribution in [0.5, 0.6) is 11.5 Å². The number of nitrogens with zero attached hydrogens (tertiary/aromatic N) is 2. The summed E-state index contributed by atoms with van der Waals surface area (Å²) in [6, 6.07) is 12.2. The molecule has 2 N–H and O–H groups in total. The quantitative estimate of drug-likeness (QED) is 0.264. The molecule has 0 radical (unpaired) electrons. The van der Waals surface area contributed by atoms with E-state index in [-0.39, 0.29) is 17.1 Å². The van der Waals surface area contributed by atoms with Crippen molar-refractivity contribution in [1.82, 2.24) is 0 Å². The molecule has 9 nitrogen and oxygen atoms in total. The second kappa shape index (κ2) is 8.47. The summed E-state index contributed by atoms with van der Waals surface area (Å²) in [7, 11) is 1.54. The van der Waals surface area contributed by atoms with Gasteiger partial charge in [-0.2, -0.15) is 0 Å². The van der Waals surface area contributed by atoms with E-state index in [4.69, 9.17) is 20.0 Å². The lowest BCUT2D eigenvalue weighted by Crippen LogP contribution is -2.26. The predicted molar refractivity (Wildman–Crippen MR) is 93.0 cm³/mol. The maximum absolute atomic E-state index is 11.9. The van der Waals surface area contributed by atoms with Gasteiger partial charge in [0, 0.05) is 17.7 Å². The number of nitrogens with two attached hydrogens (primary N) is 1. The van der Waals surface area contributed by atoms with Gasteiger partial charge in [0.25, 0.3) is 5.69 Å². The Balaban J connectivity index is 1.98. The molecule has 0 saturated heterocycles. The summed E-state index contributed by atoms with van der Waals surface area (Å²) in [5.74, 6) is 0.167. The number of non-ortho nitro benzene ring substituents is 1. The van der Waals surface area contributed by atoms with Crippen molar-refractivity contribution in [3.05, 3.63) is 64.2 Å². The Labute approximate surface area is 149 Å². The fraction of sp³-hybridized carbons (Fsp3) is 0.176. The number of hydrogen-bond donors (Lipinski definition) is 1. The summed E-state index contributed by atoms with van der Waals surface area (Å²) in [6.45, 7) is 1.49. The van der Waals surface area contributed by atoms with Gasteiger partial charge in [-0.1, -0.05) is 17.3 Å². The molecule has 0 bridgehead atoms. The molecule has 0 aliphatic rings. The molecule has 2 aromatic carbocycles. The number of nitro groups is 1. The van der Waals surface area contributed by atoms with Crippen molar-refractivity contribution in [1.29, 1.82) is 0 Å². The monoisotopic (exact) mass is 359 g/mol. The number of rotatable bonds is 7. The molecule has 26 heavy (non-hydrogen) atoms. The average molecular weight is 359 g/mol. The summed E-state index contributed by atoms with van der Waals surface area (Å²) in [6.07, 6.45) is -0.940. The molecule has 1 unspecified atom stereocenters. The minimum atomic E-state index is -0.940. The number of carbonyl (C=O) groups is 1. The second-order valence-corrected chi connectivity index (χ2v) is 5.13. The highest BCUT2D eigenvalue weighted by molar-refractivity contribution is 5.98. The van der Waals surface area contributed by atoms with Crippen LogP contribution in [0, 0.1) is 10.1 Å². The fourth-order valence-electron chi connectivity index (χ4n) is 1.91. The molecule has 2 rings (SSSR count). The van der Waals surface area contributed by atoms with Gasteiger partial charge in [-0.3, -0.25) is 10.1 Å². The van der Waals surface area contributed by atoms with Crippen LogP contribution in [0.4, 0.5) is 5.69 Å². The molecule has 9 heteroatoms. The molecule has 0 saturated carbocycles. The third kappa shape index (κ3) is 4.94. The molecule has 0 amide bonds. The normalized spacial score (nSPS) is 12.2. The van der Waals surface area contributed by atoms with Gasteiger partial charge >= 0.3 is 5.97 Å². The maximum atomic E-state index is 11.9. The number of ether oxygens (including phenoxy) is 2. The van der Waals surface area contributed by atoms with E-state index in [1.807, 2.05) is 0 Å². The molecule has 0 spiro atoms. The van der Waals surface area contributed by atoms with E-state index in [9.17, 15) is 14.9 Å². The standard InChI is InChI=1S/C17H17N3O6/c1-11(25-15-8-6-14(24-2)7-9-15)17(21)26-19-16(18)12-4-3-5-13(10-12)20(22)23/h3-11H,1-2H3,(H2,18,19). The summed E-state index contributed by atoms with van der Waals surface area (Å²) in [4.78, 5) is 26.9. The molecular formula is C17H17N3O6. The van der Waals surface area contributed by atoms with Crippen LogP contribution in [0.15, 0.2) is 53.7 Å². The van der Waals surface area contributed by atoms with Gasteiger partial charge in [0.15, 0.2) is 11.9 Å². The third-order valence-electron chi connectivity index (χ3n) is 3.29. The lowest BCUT2D eigenvalue weighted by molar-refractivity contribution is -0.384. The van der Waals surface area contributed by atoms with Crippen LogP contribution in [0.1, 0.15) is 12.5 Å². The lowest BCUT2D eigenvalue weighted by Gasteiger charge is -2.12. The molecule has 0 aromatic heterocycles. The van der Waals surface area contributed by atoms with E-state index in [1.54, 1.807) is 31.4 Å². The Hall–Kier alpha value is -3.62. The molecule has 136 valence electrons. The zero-order valence-electron chi connectivity index (χ0n) is 14.1. The second-order valence-electron chi connectivity index (χ2n) is 5.13. The summed E-state index contributed by atoms with van der Waals surface area (Å²) in [5, 5.41) is 14.3. The summed E-state index contributed by atoms with van der Waals surface area (Å²) in [5.41, 5.74) is 5.80. The van der Waals surface area contributed by atoms with Crippen molar-refractivity contribution in [2.24, 2.45) is 10.9 Å². The Bertz CT molecular complexity index is 820. The average Bonchev–Trinajstić information content (AvgIpc) is 2.66. The van der Waals surface area contributed by atoms with Gasteiger partial charge in [0.2, 0.25) is 0 Å². The van der Waals surface area contributed by atoms with E-state index in [0.29, 0.717) is 11.5 Å². The van der Waals surface area contributed by atoms with Crippen LogP contribution in [0.3, 0.4) is 0 Å². The number of carbonyl (C=O) groups excluding carboxylic acids is 1. The first kappa shape index (κ1) is 18.7. The van der Waals surface area contributed by atoms with Crippen molar-refractivity contribution in [2.45, 2.75) is 13.0 Å². The largest absolute Gasteiger partial charge is 0.497 e. The van der Waals surface area contributed by atoms with Crippen molar-refractivity contribution < 1.29 is 24.0 Å². The van der Waals surface area contributed by atoms with Crippen molar-refractivity contribution in [2.75, 3.05) is 7.11 Å². The molecule has 0 aliphatic carbocycles. The number of nitro benzene ring substituents is 1. The first-order chi connectivity index (χ1) is 12.4. The Morgan fingerprint density at radius 1 is 1.19 bits per heavy atom. The van der Waals surface area contributed by atoms with Crippen molar-refractivity contribution in [3.8, 4) is 11.5 Å². The summed E-state index contributed by atoms with van der Waals surface area (Å²) < 4.78 is 10.5. The van der Waals surface area contributed by atoms with Crippen LogP contribution < -0.4 is 15.2 Å². The predicted octanol–water partition coefficient (Wildman–Crippen LogP) is 2.23. The van der Waals surface area contributed by atoms with Crippen LogP contribution in [0.25, 0.3) is 0 Å². The van der Waals surface area contributed by atoms with Gasteiger partial charge in [-0.15, -0.1) is 0 Å². The van der Waals surface area contributed by atoms with Crippen molar-refractivity contribution >= 4 is 17.5 Å². The first-order valence-corrected chi connectivity index (χ1v) is 7.50. The van der Waals surface area contributed by atoms with Gasteiger partial charge in [-0.25, -0.2) is 4.79 Å². The molecule has 2 aromatic rings.